The molecule has 0 spiro atoms. The Labute approximate surface area is 136 Å². The van der Waals surface area contributed by atoms with Crippen LogP contribution in [0.5, 0.6) is 0 Å². The molecule has 1 amide bonds. The maximum absolute atomic E-state index is 12.0. The Hall–Kier alpha value is -2.41. The fourth-order valence-corrected chi connectivity index (χ4v) is 2.48. The van der Waals surface area contributed by atoms with Gasteiger partial charge in [-0.15, -0.1) is 0 Å². The maximum Gasteiger partial charge on any atom is 0.248 e. The van der Waals surface area contributed by atoms with Crippen molar-refractivity contribution in [1.82, 2.24) is 0 Å². The molecule has 1 aromatic carbocycles. The summed E-state index contributed by atoms with van der Waals surface area (Å²) >= 11 is 0. The predicted octanol–water partition coefficient (Wildman–Crippen LogP) is 4.26. The van der Waals surface area contributed by atoms with E-state index >= 15 is 0 Å². The number of amides is 1. The molecule has 0 bridgehead atoms. The Bertz CT molecular complexity index is 797. The zero-order valence-electron chi connectivity index (χ0n) is 13.8. The molecule has 2 rings (SSSR count). The summed E-state index contributed by atoms with van der Waals surface area (Å²) in [5.74, 6) is 0.446. The first-order valence-corrected chi connectivity index (χ1v) is 8.23. The first kappa shape index (κ1) is 17.0. The molecule has 1 heterocycles. The van der Waals surface area contributed by atoms with Gasteiger partial charge in [-0.2, -0.15) is 10.3 Å². The SMILES string of the molecule is CCCCC(=O)N=c1oc(CCCC)c(C#N)c2ccccc12. The number of aryl methyl sites for hydroxylation is 1. The van der Waals surface area contributed by atoms with Crippen LogP contribution >= 0.6 is 0 Å². The summed E-state index contributed by atoms with van der Waals surface area (Å²) in [4.78, 5) is 16.2. The number of hydrogen-bond donors (Lipinski definition) is 0. The smallest absolute Gasteiger partial charge is 0.248 e. The summed E-state index contributed by atoms with van der Waals surface area (Å²) < 4.78 is 5.86. The van der Waals surface area contributed by atoms with E-state index in [1.54, 1.807) is 0 Å². The van der Waals surface area contributed by atoms with Crippen molar-refractivity contribution < 1.29 is 9.21 Å². The van der Waals surface area contributed by atoms with Crippen LogP contribution in [0.2, 0.25) is 0 Å². The lowest BCUT2D eigenvalue weighted by atomic mass is 10.0. The third-order valence-electron chi connectivity index (χ3n) is 3.77. The molecule has 1 aromatic heterocycles. The number of hydrogen-bond acceptors (Lipinski definition) is 3. The van der Waals surface area contributed by atoms with Crippen molar-refractivity contribution >= 4 is 16.7 Å². The molecule has 4 heteroatoms. The van der Waals surface area contributed by atoms with E-state index in [0.29, 0.717) is 35.1 Å². The molecule has 0 unspecified atom stereocenters. The molecule has 0 saturated carbocycles. The van der Waals surface area contributed by atoms with E-state index in [-0.39, 0.29) is 5.91 Å². The van der Waals surface area contributed by atoms with Gasteiger partial charge in [0.1, 0.15) is 11.8 Å². The average Bonchev–Trinajstić information content (AvgIpc) is 2.58. The molecular formula is C19H22N2O2. The van der Waals surface area contributed by atoms with Gasteiger partial charge in [-0.05, 0) is 18.9 Å². The van der Waals surface area contributed by atoms with Crippen molar-refractivity contribution in [2.45, 2.75) is 52.4 Å². The lowest BCUT2D eigenvalue weighted by molar-refractivity contribution is -0.118. The minimum atomic E-state index is -0.174. The van der Waals surface area contributed by atoms with E-state index < -0.39 is 0 Å². The van der Waals surface area contributed by atoms with Gasteiger partial charge in [-0.25, -0.2) is 0 Å². The van der Waals surface area contributed by atoms with Crippen LogP contribution in [0.1, 0.15) is 57.3 Å². The summed E-state index contributed by atoms with van der Waals surface area (Å²) in [6.45, 7) is 4.13. The minimum Gasteiger partial charge on any atom is -0.441 e. The molecule has 0 N–H and O–H groups in total. The molecule has 2 aromatic rings. The van der Waals surface area contributed by atoms with Crippen molar-refractivity contribution in [2.75, 3.05) is 0 Å². The lowest BCUT2D eigenvalue weighted by Crippen LogP contribution is -2.11. The van der Waals surface area contributed by atoms with Crippen molar-refractivity contribution in [3.8, 4) is 6.07 Å². The third kappa shape index (κ3) is 4.07. The number of carbonyl (C=O) groups excluding carboxylic acids is 1. The fourth-order valence-electron chi connectivity index (χ4n) is 2.48. The highest BCUT2D eigenvalue weighted by atomic mass is 16.3. The molecule has 0 aliphatic carbocycles. The Morgan fingerprint density at radius 1 is 1.17 bits per heavy atom. The zero-order chi connectivity index (χ0) is 16.7. The van der Waals surface area contributed by atoms with Crippen LogP contribution in [0.4, 0.5) is 0 Å². The molecule has 0 saturated heterocycles. The van der Waals surface area contributed by atoms with Gasteiger partial charge in [-0.3, -0.25) is 4.79 Å². The molecule has 0 atom stereocenters. The van der Waals surface area contributed by atoms with Crippen molar-refractivity contribution in [3.63, 3.8) is 0 Å². The van der Waals surface area contributed by atoms with Gasteiger partial charge in [0, 0.05) is 23.6 Å². The van der Waals surface area contributed by atoms with Gasteiger partial charge in [0.05, 0.1) is 5.56 Å². The van der Waals surface area contributed by atoms with Gasteiger partial charge in [0.25, 0.3) is 0 Å². The molecule has 23 heavy (non-hydrogen) atoms. The van der Waals surface area contributed by atoms with Crippen LogP contribution < -0.4 is 5.55 Å². The number of fused-ring (bicyclic) bond motifs is 1. The lowest BCUT2D eigenvalue weighted by Gasteiger charge is -2.07. The van der Waals surface area contributed by atoms with Crippen LogP contribution in [-0.4, -0.2) is 5.91 Å². The monoisotopic (exact) mass is 310 g/mol. The van der Waals surface area contributed by atoms with E-state index in [4.69, 9.17) is 4.42 Å². The summed E-state index contributed by atoms with van der Waals surface area (Å²) in [7, 11) is 0. The first-order valence-electron chi connectivity index (χ1n) is 8.23. The Kier molecular flexibility index (Phi) is 6.10. The Morgan fingerprint density at radius 2 is 1.87 bits per heavy atom. The highest BCUT2D eigenvalue weighted by Crippen LogP contribution is 2.20. The third-order valence-corrected chi connectivity index (χ3v) is 3.77. The second kappa shape index (κ2) is 8.28. The summed E-state index contributed by atoms with van der Waals surface area (Å²) in [5.41, 5.74) is 0.876. The van der Waals surface area contributed by atoms with Gasteiger partial charge < -0.3 is 4.42 Å². The number of unbranched alkanes of at least 4 members (excludes halogenated alkanes) is 2. The average molecular weight is 310 g/mol. The number of nitrogens with zero attached hydrogens (tertiary/aromatic N) is 2. The van der Waals surface area contributed by atoms with E-state index in [1.807, 2.05) is 31.2 Å². The van der Waals surface area contributed by atoms with Crippen molar-refractivity contribution in [1.29, 1.82) is 5.26 Å². The zero-order valence-corrected chi connectivity index (χ0v) is 13.8. The van der Waals surface area contributed by atoms with Crippen molar-refractivity contribution in [2.24, 2.45) is 4.99 Å². The molecule has 0 aliphatic rings. The van der Waals surface area contributed by atoms with Gasteiger partial charge >= 0.3 is 0 Å². The van der Waals surface area contributed by atoms with E-state index in [2.05, 4.69) is 18.0 Å². The molecular weight excluding hydrogens is 288 g/mol. The number of rotatable bonds is 6. The molecule has 0 radical (unpaired) electrons. The standard InChI is InChI=1S/C19H22N2O2/c1-3-5-11-17-16(13-20)14-9-7-8-10-15(14)19(23-17)21-18(22)12-6-4-2/h7-10H,3-6,11-12H2,1-2H3. The quantitative estimate of drug-likeness (QED) is 0.800. The van der Waals surface area contributed by atoms with E-state index in [1.165, 1.54) is 0 Å². The molecule has 0 fully saturated rings. The van der Waals surface area contributed by atoms with Crippen LogP contribution in [0.25, 0.3) is 10.8 Å². The number of nitriles is 1. The normalized spacial score (nSPS) is 11.6. The largest absolute Gasteiger partial charge is 0.441 e. The second-order valence-corrected chi connectivity index (χ2v) is 5.58. The topological polar surface area (TPSA) is 66.4 Å². The van der Waals surface area contributed by atoms with Gasteiger partial charge in [0.15, 0.2) is 0 Å². The number of carbonyl (C=O) groups is 1. The molecule has 120 valence electrons. The maximum atomic E-state index is 12.0. The summed E-state index contributed by atoms with van der Waals surface area (Å²) in [6.07, 6.45) is 4.81. The molecule has 4 nitrogen and oxygen atoms in total. The van der Waals surface area contributed by atoms with Crippen LogP contribution in [0.3, 0.4) is 0 Å². The molecule has 0 aliphatic heterocycles. The van der Waals surface area contributed by atoms with E-state index in [9.17, 15) is 10.1 Å². The minimum absolute atomic E-state index is 0.174. The van der Waals surface area contributed by atoms with Crippen LogP contribution in [-0.2, 0) is 11.2 Å². The van der Waals surface area contributed by atoms with Gasteiger partial charge in [-0.1, -0.05) is 44.9 Å². The second-order valence-electron chi connectivity index (χ2n) is 5.58. The van der Waals surface area contributed by atoms with Crippen LogP contribution in [0.15, 0.2) is 33.7 Å². The van der Waals surface area contributed by atoms with Crippen molar-refractivity contribution in [3.05, 3.63) is 41.1 Å². The predicted molar refractivity (Wildman–Crippen MR) is 89.6 cm³/mol. The Balaban J connectivity index is 2.62. The van der Waals surface area contributed by atoms with Crippen LogP contribution in [0, 0.1) is 11.3 Å². The fraction of sp³-hybridized carbons (Fsp3) is 0.421. The number of benzene rings is 1. The summed E-state index contributed by atoms with van der Waals surface area (Å²) in [5, 5.41) is 11.0. The first-order chi connectivity index (χ1) is 11.2. The van der Waals surface area contributed by atoms with E-state index in [0.717, 1.165) is 31.1 Å². The van der Waals surface area contributed by atoms with Gasteiger partial charge in [0.2, 0.25) is 11.5 Å². The highest BCUT2D eigenvalue weighted by molar-refractivity contribution is 5.88. The highest BCUT2D eigenvalue weighted by Gasteiger charge is 2.12. The Morgan fingerprint density at radius 3 is 2.52 bits per heavy atom. The summed E-state index contributed by atoms with van der Waals surface area (Å²) in [6, 6.07) is 9.71.